The molecule has 0 bridgehead atoms. The topological polar surface area (TPSA) is 20.3 Å². The van der Waals surface area contributed by atoms with Gasteiger partial charge in [-0.2, -0.15) is 0 Å². The van der Waals surface area contributed by atoms with Gasteiger partial charge in [0.05, 0.1) is 0 Å². The van der Waals surface area contributed by atoms with Gasteiger partial charge in [-0.15, -0.1) is 11.8 Å². The zero-order valence-electron chi connectivity index (χ0n) is 10.5. The Morgan fingerprint density at radius 2 is 2.06 bits per heavy atom. The van der Waals surface area contributed by atoms with Crippen LogP contribution in [0.5, 0.6) is 0 Å². The average Bonchev–Trinajstić information content (AvgIpc) is 3.01. The number of benzene rings is 1. The maximum Gasteiger partial charge on any atom is 0.239 e. The van der Waals surface area contributed by atoms with Gasteiger partial charge in [-0.05, 0) is 30.9 Å². The monoisotopic (exact) mass is 259 g/mol. The van der Waals surface area contributed by atoms with Crippen molar-refractivity contribution in [2.75, 3.05) is 7.05 Å². The molecule has 1 heterocycles. The number of piperidine rings is 1. The number of likely N-dealkylation sites (tertiary alicyclic amines) is 1. The van der Waals surface area contributed by atoms with Gasteiger partial charge in [0, 0.05) is 23.9 Å². The summed E-state index contributed by atoms with van der Waals surface area (Å²) in [5, 5.41) is 0. The molecule has 3 fully saturated rings. The molecular formula is C15H17NOS. The van der Waals surface area contributed by atoms with E-state index < -0.39 is 0 Å². The molecule has 18 heavy (non-hydrogen) atoms. The lowest BCUT2D eigenvalue weighted by atomic mass is 9.95. The van der Waals surface area contributed by atoms with Crippen molar-refractivity contribution in [1.29, 1.82) is 0 Å². The first-order chi connectivity index (χ1) is 8.75. The van der Waals surface area contributed by atoms with Crippen molar-refractivity contribution in [3.05, 3.63) is 30.3 Å². The Bertz CT molecular complexity index is 502. The van der Waals surface area contributed by atoms with Gasteiger partial charge in [0.25, 0.3) is 0 Å². The van der Waals surface area contributed by atoms with Crippen molar-refractivity contribution in [1.82, 2.24) is 4.90 Å². The minimum absolute atomic E-state index is 0.0999. The molecule has 4 atom stereocenters. The third kappa shape index (κ3) is 1.18. The van der Waals surface area contributed by atoms with Gasteiger partial charge < -0.3 is 4.90 Å². The summed E-state index contributed by atoms with van der Waals surface area (Å²) in [5.74, 6) is 1.65. The Labute approximate surface area is 112 Å². The van der Waals surface area contributed by atoms with Crippen LogP contribution in [-0.4, -0.2) is 28.6 Å². The highest BCUT2D eigenvalue weighted by molar-refractivity contribution is 8.01. The maximum absolute atomic E-state index is 12.6. The van der Waals surface area contributed by atoms with E-state index in [4.69, 9.17) is 0 Å². The highest BCUT2D eigenvalue weighted by Gasteiger charge is 2.78. The molecule has 1 amide bonds. The third-order valence-electron chi connectivity index (χ3n) is 4.98. The number of rotatable bonds is 2. The van der Waals surface area contributed by atoms with Crippen molar-refractivity contribution >= 4 is 17.7 Å². The number of nitrogens with zero attached hydrogens (tertiary/aromatic N) is 1. The molecule has 4 rings (SSSR count). The Morgan fingerprint density at radius 3 is 2.83 bits per heavy atom. The van der Waals surface area contributed by atoms with Crippen LogP contribution in [-0.2, 0) is 4.79 Å². The SMILES string of the molecule is CN1C(=O)[C@@]2(Sc3ccccc3)[C@@H]3[C@H]2CCC[C@@H]31. The second kappa shape index (κ2) is 3.53. The van der Waals surface area contributed by atoms with Gasteiger partial charge in [0.2, 0.25) is 5.91 Å². The molecule has 0 spiro atoms. The van der Waals surface area contributed by atoms with Crippen LogP contribution in [0, 0.1) is 11.8 Å². The second-order valence-corrected chi connectivity index (χ2v) is 7.11. The molecule has 0 N–H and O–H groups in total. The fraction of sp³-hybridized carbons (Fsp3) is 0.533. The quantitative estimate of drug-likeness (QED) is 0.814. The molecular weight excluding hydrogens is 242 g/mol. The van der Waals surface area contributed by atoms with E-state index in [0.29, 0.717) is 23.8 Å². The fourth-order valence-electron chi connectivity index (χ4n) is 4.17. The van der Waals surface area contributed by atoms with Crippen molar-refractivity contribution in [2.45, 2.75) is 34.9 Å². The molecule has 1 aromatic carbocycles. The van der Waals surface area contributed by atoms with Crippen LogP contribution in [0.3, 0.4) is 0 Å². The first-order valence-electron chi connectivity index (χ1n) is 6.76. The minimum atomic E-state index is -0.0999. The first-order valence-corrected chi connectivity index (χ1v) is 7.58. The van der Waals surface area contributed by atoms with Gasteiger partial charge in [0.1, 0.15) is 4.75 Å². The average molecular weight is 259 g/mol. The van der Waals surface area contributed by atoms with E-state index in [0.717, 1.165) is 0 Å². The number of fused-ring (bicyclic) bond motifs is 1. The van der Waals surface area contributed by atoms with Gasteiger partial charge in [-0.25, -0.2) is 0 Å². The molecule has 3 aliphatic rings. The summed E-state index contributed by atoms with van der Waals surface area (Å²) in [5.41, 5.74) is 0. The molecule has 0 unspecified atom stereocenters. The Morgan fingerprint density at radius 1 is 1.28 bits per heavy atom. The van der Waals surface area contributed by atoms with Crippen LogP contribution in [0.15, 0.2) is 35.2 Å². The van der Waals surface area contributed by atoms with Gasteiger partial charge >= 0.3 is 0 Å². The lowest BCUT2D eigenvalue weighted by molar-refractivity contribution is -0.130. The van der Waals surface area contributed by atoms with Crippen molar-refractivity contribution in [3.63, 3.8) is 0 Å². The molecule has 1 aliphatic heterocycles. The van der Waals surface area contributed by atoms with E-state index in [9.17, 15) is 4.79 Å². The smallest absolute Gasteiger partial charge is 0.239 e. The predicted octanol–water partition coefficient (Wildman–Crippen LogP) is 2.79. The van der Waals surface area contributed by atoms with Gasteiger partial charge in [0.15, 0.2) is 0 Å². The summed E-state index contributed by atoms with van der Waals surface area (Å²) >= 11 is 1.82. The lowest BCUT2D eigenvalue weighted by Gasteiger charge is -2.29. The minimum Gasteiger partial charge on any atom is -0.341 e. The molecule has 0 radical (unpaired) electrons. The van der Waals surface area contributed by atoms with Crippen LogP contribution in [0.1, 0.15) is 19.3 Å². The Kier molecular flexibility index (Phi) is 2.14. The van der Waals surface area contributed by atoms with Gasteiger partial charge in [-0.1, -0.05) is 24.6 Å². The van der Waals surface area contributed by atoms with Crippen LogP contribution in [0.4, 0.5) is 0 Å². The molecule has 2 aliphatic carbocycles. The number of amides is 1. The number of hydrogen-bond acceptors (Lipinski definition) is 2. The zero-order valence-corrected chi connectivity index (χ0v) is 11.3. The summed E-state index contributed by atoms with van der Waals surface area (Å²) in [7, 11) is 1.99. The highest BCUT2D eigenvalue weighted by Crippen LogP contribution is 2.72. The molecule has 3 heteroatoms. The van der Waals surface area contributed by atoms with E-state index in [-0.39, 0.29) is 4.75 Å². The van der Waals surface area contributed by atoms with Crippen LogP contribution in [0.2, 0.25) is 0 Å². The fourth-order valence-corrected chi connectivity index (χ4v) is 5.89. The Balaban J connectivity index is 1.69. The van der Waals surface area contributed by atoms with E-state index in [1.807, 2.05) is 29.8 Å². The normalized spacial score (nSPS) is 40.8. The van der Waals surface area contributed by atoms with E-state index in [2.05, 4.69) is 24.3 Å². The maximum atomic E-state index is 12.6. The summed E-state index contributed by atoms with van der Waals surface area (Å²) in [6.07, 6.45) is 3.75. The molecule has 2 saturated carbocycles. The van der Waals surface area contributed by atoms with Crippen molar-refractivity contribution < 1.29 is 4.79 Å². The Hall–Kier alpha value is -0.960. The number of carbonyl (C=O) groups excluding carboxylic acids is 1. The molecule has 1 aromatic rings. The molecule has 2 nitrogen and oxygen atoms in total. The van der Waals surface area contributed by atoms with Crippen LogP contribution >= 0.6 is 11.8 Å². The number of hydrogen-bond donors (Lipinski definition) is 0. The van der Waals surface area contributed by atoms with E-state index in [1.165, 1.54) is 24.2 Å². The highest BCUT2D eigenvalue weighted by atomic mass is 32.2. The van der Waals surface area contributed by atoms with Crippen LogP contribution < -0.4 is 0 Å². The van der Waals surface area contributed by atoms with Gasteiger partial charge in [-0.3, -0.25) is 4.79 Å². The molecule has 1 saturated heterocycles. The van der Waals surface area contributed by atoms with E-state index >= 15 is 0 Å². The molecule has 0 aromatic heterocycles. The molecule has 94 valence electrons. The predicted molar refractivity (Wildman–Crippen MR) is 72.4 cm³/mol. The number of thioether (sulfide) groups is 1. The largest absolute Gasteiger partial charge is 0.341 e. The summed E-state index contributed by atoms with van der Waals surface area (Å²) in [6, 6.07) is 10.9. The number of carbonyl (C=O) groups is 1. The zero-order chi connectivity index (χ0) is 12.3. The summed E-state index contributed by atoms with van der Waals surface area (Å²) in [4.78, 5) is 15.9. The third-order valence-corrected chi connectivity index (χ3v) is 6.58. The van der Waals surface area contributed by atoms with Crippen molar-refractivity contribution in [2.24, 2.45) is 11.8 Å². The van der Waals surface area contributed by atoms with Crippen LogP contribution in [0.25, 0.3) is 0 Å². The second-order valence-electron chi connectivity index (χ2n) is 5.75. The first kappa shape index (κ1) is 10.9. The van der Waals surface area contributed by atoms with E-state index in [1.54, 1.807) is 0 Å². The lowest BCUT2D eigenvalue weighted by Crippen LogP contribution is -2.39. The standard InChI is InChI=1S/C15H17NOS/c1-16-12-9-5-8-11-13(12)15(11,14(16)17)18-10-6-3-2-4-7-10/h2-4,6-7,11-13H,5,8-9H2,1H3/t11-,12+,13-,15+/m1/s1. The summed E-state index contributed by atoms with van der Waals surface area (Å²) < 4.78 is -0.0999. The summed E-state index contributed by atoms with van der Waals surface area (Å²) in [6.45, 7) is 0. The van der Waals surface area contributed by atoms with Crippen molar-refractivity contribution in [3.8, 4) is 0 Å².